The zero-order valence-corrected chi connectivity index (χ0v) is 14.7. The molecule has 4 nitrogen and oxygen atoms in total. The minimum atomic E-state index is -2.26. The Morgan fingerprint density at radius 2 is 1.90 bits per heavy atom. The highest BCUT2D eigenvalue weighted by atomic mass is 32.4. The van der Waals surface area contributed by atoms with Gasteiger partial charge >= 0.3 is 0 Å². The van der Waals surface area contributed by atoms with Gasteiger partial charge in [0.25, 0.3) is 0 Å². The number of fused-ring (bicyclic) bond motifs is 1. The van der Waals surface area contributed by atoms with Gasteiger partial charge in [0.1, 0.15) is 0 Å². The molecule has 1 aromatic carbocycles. The molecule has 0 radical (unpaired) electrons. The largest absolute Gasteiger partial charge is 0.346 e. The van der Waals surface area contributed by atoms with Crippen LogP contribution in [0.3, 0.4) is 0 Å². The molecule has 1 aromatic rings. The molecule has 6 heteroatoms. The Morgan fingerprint density at radius 3 is 2.52 bits per heavy atom. The van der Waals surface area contributed by atoms with Crippen molar-refractivity contribution in [1.82, 2.24) is 4.78 Å². The summed E-state index contributed by atoms with van der Waals surface area (Å²) >= 11 is 5.82. The smallest absolute Gasteiger partial charge is 0.204 e. The van der Waals surface area contributed by atoms with Gasteiger partial charge in [-0.3, -0.25) is 0 Å². The van der Waals surface area contributed by atoms with Gasteiger partial charge in [-0.15, -0.1) is 0 Å². The van der Waals surface area contributed by atoms with Crippen LogP contribution in [0.1, 0.15) is 19.4 Å². The topological polar surface area (TPSA) is 28.1 Å². The number of hydrogen-bond donors (Lipinski definition) is 0. The van der Waals surface area contributed by atoms with Crippen molar-refractivity contribution in [3.05, 3.63) is 40.8 Å². The van der Waals surface area contributed by atoms with E-state index in [2.05, 4.69) is 55.2 Å². The molecule has 1 unspecified atom stereocenters. The Balaban J connectivity index is 2.28. The number of rotatable bonds is 1. The molecule has 2 heterocycles. The molecule has 0 saturated heterocycles. The number of nitrogens with zero attached hydrogens (tertiary/aromatic N) is 3. The van der Waals surface area contributed by atoms with Gasteiger partial charge in [0, 0.05) is 38.0 Å². The molecule has 0 fully saturated rings. The predicted octanol–water partition coefficient (Wildman–Crippen LogP) is 3.51. The quantitative estimate of drug-likeness (QED) is 0.740. The van der Waals surface area contributed by atoms with Crippen LogP contribution >= 0.6 is 6.42 Å². The van der Waals surface area contributed by atoms with Crippen molar-refractivity contribution in [2.24, 2.45) is 5.10 Å². The first kappa shape index (κ1) is 14.8. The molecule has 0 spiro atoms. The van der Waals surface area contributed by atoms with Crippen molar-refractivity contribution in [3.8, 4) is 0 Å². The highest BCUT2D eigenvalue weighted by Crippen LogP contribution is 2.64. The van der Waals surface area contributed by atoms with Gasteiger partial charge in [0.15, 0.2) is 0 Å². The number of likely N-dealkylation sites (N-methyl/N-ethyl adjacent to an activating group) is 1. The Labute approximate surface area is 131 Å². The molecule has 112 valence electrons. The summed E-state index contributed by atoms with van der Waals surface area (Å²) in [5.74, 6) is 0. The van der Waals surface area contributed by atoms with Crippen LogP contribution < -0.4 is 4.90 Å². The summed E-state index contributed by atoms with van der Waals surface area (Å²) in [5, 5.41) is 5.44. The molecule has 2 aliphatic heterocycles. The summed E-state index contributed by atoms with van der Waals surface area (Å²) in [4.78, 5) is 2.23. The lowest BCUT2D eigenvalue weighted by molar-refractivity contribution is 0.412. The monoisotopic (exact) mass is 321 g/mol. The number of hydrazone groups is 1. The van der Waals surface area contributed by atoms with Gasteiger partial charge in [0.05, 0.1) is 11.5 Å². The van der Waals surface area contributed by atoms with E-state index in [4.69, 9.17) is 16.3 Å². The number of para-hydroxylation sites is 1. The third kappa shape index (κ3) is 1.84. The number of hydrogen-bond acceptors (Lipinski definition) is 4. The lowest BCUT2D eigenvalue weighted by Crippen LogP contribution is -2.25. The number of allylic oxidation sites excluding steroid dienone is 2. The van der Waals surface area contributed by atoms with Gasteiger partial charge in [-0.2, -0.15) is 5.10 Å². The van der Waals surface area contributed by atoms with Crippen LogP contribution in [0.5, 0.6) is 0 Å². The lowest BCUT2D eigenvalue weighted by Gasteiger charge is -2.30. The second-order valence-electron chi connectivity index (χ2n) is 5.87. The average Bonchev–Trinajstić information content (AvgIpc) is 2.86. The van der Waals surface area contributed by atoms with E-state index in [-0.39, 0.29) is 5.41 Å². The van der Waals surface area contributed by atoms with E-state index in [1.165, 1.54) is 16.9 Å². The molecule has 1 atom stereocenters. The summed E-state index contributed by atoms with van der Waals surface area (Å²) in [7, 11) is 5.67. The van der Waals surface area contributed by atoms with Crippen LogP contribution in [0.15, 0.2) is 40.4 Å². The first-order valence-corrected chi connectivity index (χ1v) is 9.54. The summed E-state index contributed by atoms with van der Waals surface area (Å²) in [5.41, 5.74) is 3.63. The van der Waals surface area contributed by atoms with Gasteiger partial charge in [-0.05, 0) is 23.4 Å². The highest BCUT2D eigenvalue weighted by molar-refractivity contribution is 8.13. The van der Waals surface area contributed by atoms with Crippen molar-refractivity contribution in [2.45, 2.75) is 19.3 Å². The highest BCUT2D eigenvalue weighted by Gasteiger charge is 2.45. The van der Waals surface area contributed by atoms with Crippen LogP contribution in [0.25, 0.3) is 0 Å². The molecule has 3 rings (SSSR count). The van der Waals surface area contributed by atoms with E-state index in [0.717, 1.165) is 5.31 Å². The van der Waals surface area contributed by atoms with E-state index in [1.807, 2.05) is 13.3 Å². The van der Waals surface area contributed by atoms with Crippen molar-refractivity contribution in [2.75, 3.05) is 26.1 Å². The van der Waals surface area contributed by atoms with Crippen LogP contribution in [0.2, 0.25) is 0 Å². The molecule has 0 bridgehead atoms. The summed E-state index contributed by atoms with van der Waals surface area (Å²) in [6.45, 7) is 4.47. The second kappa shape index (κ2) is 4.67. The predicted molar refractivity (Wildman–Crippen MR) is 92.4 cm³/mol. The Kier molecular flexibility index (Phi) is 3.28. The summed E-state index contributed by atoms with van der Waals surface area (Å²) in [6.07, 6.45) is -0.386. The molecule has 21 heavy (non-hydrogen) atoms. The molecular formula is C15H20N3OPS. The van der Waals surface area contributed by atoms with Crippen LogP contribution in [-0.2, 0) is 21.7 Å². The third-order valence-electron chi connectivity index (χ3n) is 4.39. The van der Waals surface area contributed by atoms with E-state index >= 15 is 0 Å². The Hall–Kier alpha value is -1.16. The lowest BCUT2D eigenvalue weighted by atomic mass is 9.84. The maximum absolute atomic E-state index is 5.82. The second-order valence-corrected chi connectivity index (χ2v) is 9.82. The third-order valence-corrected chi connectivity index (χ3v) is 8.43. The molecule has 0 amide bonds. The average molecular weight is 321 g/mol. The maximum atomic E-state index is 5.82. The zero-order valence-electron chi connectivity index (χ0n) is 13.0. The van der Waals surface area contributed by atoms with Gasteiger partial charge < -0.3 is 9.42 Å². The molecule has 0 saturated carbocycles. The fourth-order valence-corrected chi connectivity index (χ4v) is 5.66. The van der Waals surface area contributed by atoms with E-state index in [9.17, 15) is 0 Å². The Bertz CT molecular complexity index is 711. The minimum absolute atomic E-state index is 0.111. The van der Waals surface area contributed by atoms with E-state index < -0.39 is 6.42 Å². The molecule has 0 N–H and O–H groups in total. The zero-order chi connectivity index (χ0) is 15.4. The normalized spacial score (nSPS) is 30.1. The Morgan fingerprint density at radius 1 is 1.24 bits per heavy atom. The SMILES string of the molecule is COP1(=S)C(=C2N(C)c3ccccc3C2(C)C)C=NN1C. The van der Waals surface area contributed by atoms with Crippen molar-refractivity contribution in [3.63, 3.8) is 0 Å². The molecule has 0 aromatic heterocycles. The van der Waals surface area contributed by atoms with Crippen LogP contribution in [0.4, 0.5) is 5.69 Å². The molecule has 2 aliphatic rings. The van der Waals surface area contributed by atoms with Crippen LogP contribution in [-0.4, -0.2) is 32.2 Å². The van der Waals surface area contributed by atoms with E-state index in [1.54, 1.807) is 11.9 Å². The van der Waals surface area contributed by atoms with Gasteiger partial charge in [-0.1, -0.05) is 32.0 Å². The van der Waals surface area contributed by atoms with Crippen molar-refractivity contribution >= 4 is 30.1 Å². The van der Waals surface area contributed by atoms with Crippen molar-refractivity contribution in [1.29, 1.82) is 0 Å². The fraction of sp³-hybridized carbons (Fsp3) is 0.400. The van der Waals surface area contributed by atoms with E-state index in [0.29, 0.717) is 0 Å². The maximum Gasteiger partial charge on any atom is 0.204 e. The van der Waals surface area contributed by atoms with Gasteiger partial charge in [0.2, 0.25) is 6.42 Å². The fourth-order valence-electron chi connectivity index (χ4n) is 3.30. The first-order chi connectivity index (χ1) is 9.84. The van der Waals surface area contributed by atoms with Crippen LogP contribution in [0, 0.1) is 0 Å². The molecular weight excluding hydrogens is 301 g/mol. The summed E-state index contributed by atoms with van der Waals surface area (Å²) in [6, 6.07) is 8.49. The summed E-state index contributed by atoms with van der Waals surface area (Å²) < 4.78 is 7.52. The van der Waals surface area contributed by atoms with Gasteiger partial charge in [-0.25, -0.2) is 4.78 Å². The standard InChI is InChI=1S/C15H20N3OPS/c1-15(2)11-8-6-7-9-12(11)17(3)14(15)13-10-16-18(4)20(13,21)19-5/h6-10H,1-5H3. The number of anilines is 1. The minimum Gasteiger partial charge on any atom is -0.346 e. The van der Waals surface area contributed by atoms with Crippen molar-refractivity contribution < 1.29 is 4.52 Å². The molecule has 0 aliphatic carbocycles. The number of benzene rings is 1. The first-order valence-electron chi connectivity index (χ1n) is 6.86.